The van der Waals surface area contributed by atoms with Crippen LogP contribution in [-0.2, 0) is 14.3 Å². The molecule has 2 atom stereocenters. The Morgan fingerprint density at radius 2 is 2.08 bits per heavy atom. The maximum Gasteiger partial charge on any atom is 0.310 e. The molecule has 1 N–H and O–H groups in total. The molecular weight excluding hydrogens is 379 g/mol. The molecule has 0 radical (unpaired) electrons. The van der Waals surface area contributed by atoms with E-state index in [-0.39, 0.29) is 33.4 Å². The topological polar surface area (TPSA) is 75.7 Å². The van der Waals surface area contributed by atoms with Gasteiger partial charge in [0.15, 0.2) is 0 Å². The fraction of sp³-hybridized carbons (Fsp3) is 0.500. The van der Waals surface area contributed by atoms with Crippen LogP contribution in [0.25, 0.3) is 0 Å². The van der Waals surface area contributed by atoms with Gasteiger partial charge < -0.3 is 15.0 Å². The fourth-order valence-electron chi connectivity index (χ4n) is 2.92. The average molecular weight is 401 g/mol. The zero-order chi connectivity index (χ0) is 19.3. The lowest BCUT2D eigenvalue weighted by atomic mass is 9.97. The number of esters is 1. The third kappa shape index (κ3) is 4.89. The number of carbonyl (C=O) groups is 3. The Labute approximate surface area is 162 Å². The van der Waals surface area contributed by atoms with Crippen molar-refractivity contribution in [1.29, 1.82) is 0 Å². The monoisotopic (exact) mass is 400 g/mol. The molecule has 1 aliphatic rings. The Morgan fingerprint density at radius 1 is 1.35 bits per heavy atom. The molecule has 0 saturated carbocycles. The highest BCUT2D eigenvalue weighted by atomic mass is 35.5. The first-order valence-corrected chi connectivity index (χ1v) is 9.31. The SMILES string of the molecule is CCOC(=O)[C@@H]1CCCN(C(=O)[C@@H](C)NC(=O)c2cccc(Cl)c2Cl)C1. The van der Waals surface area contributed by atoms with Crippen molar-refractivity contribution in [3.8, 4) is 0 Å². The second-order valence-electron chi connectivity index (χ2n) is 6.17. The predicted octanol–water partition coefficient (Wildman–Crippen LogP) is 2.91. The lowest BCUT2D eigenvalue weighted by Gasteiger charge is -2.33. The number of hydrogen-bond acceptors (Lipinski definition) is 4. The summed E-state index contributed by atoms with van der Waals surface area (Å²) in [5.74, 6) is -1.33. The van der Waals surface area contributed by atoms with Crippen molar-refractivity contribution in [3.05, 3.63) is 33.8 Å². The van der Waals surface area contributed by atoms with Crippen LogP contribution in [0.1, 0.15) is 37.0 Å². The van der Waals surface area contributed by atoms with Crippen LogP contribution in [0, 0.1) is 5.92 Å². The number of benzene rings is 1. The number of amides is 2. The van der Waals surface area contributed by atoms with E-state index in [9.17, 15) is 14.4 Å². The molecule has 142 valence electrons. The highest BCUT2D eigenvalue weighted by molar-refractivity contribution is 6.43. The van der Waals surface area contributed by atoms with E-state index in [0.29, 0.717) is 26.1 Å². The van der Waals surface area contributed by atoms with E-state index in [1.165, 1.54) is 0 Å². The minimum atomic E-state index is -0.751. The van der Waals surface area contributed by atoms with E-state index in [2.05, 4.69) is 5.32 Å². The van der Waals surface area contributed by atoms with Crippen LogP contribution >= 0.6 is 23.2 Å². The normalized spacial score (nSPS) is 18.2. The summed E-state index contributed by atoms with van der Waals surface area (Å²) in [6.07, 6.45) is 1.41. The predicted molar refractivity (Wildman–Crippen MR) is 99.3 cm³/mol. The molecule has 0 aromatic heterocycles. The maximum atomic E-state index is 12.6. The molecule has 0 unspecified atom stereocenters. The van der Waals surface area contributed by atoms with E-state index >= 15 is 0 Å². The average Bonchev–Trinajstić information content (AvgIpc) is 2.63. The summed E-state index contributed by atoms with van der Waals surface area (Å²) < 4.78 is 5.04. The van der Waals surface area contributed by atoms with Crippen molar-refractivity contribution < 1.29 is 19.1 Å². The van der Waals surface area contributed by atoms with Crippen LogP contribution in [0.4, 0.5) is 0 Å². The highest BCUT2D eigenvalue weighted by Gasteiger charge is 2.31. The van der Waals surface area contributed by atoms with Gasteiger partial charge in [-0.25, -0.2) is 0 Å². The number of ether oxygens (including phenoxy) is 1. The first kappa shape index (κ1) is 20.5. The molecule has 0 bridgehead atoms. The van der Waals surface area contributed by atoms with Crippen LogP contribution in [0.2, 0.25) is 10.0 Å². The second-order valence-corrected chi connectivity index (χ2v) is 6.96. The molecule has 2 rings (SSSR count). The summed E-state index contributed by atoms with van der Waals surface area (Å²) >= 11 is 12.0. The van der Waals surface area contributed by atoms with Gasteiger partial charge in [-0.1, -0.05) is 29.3 Å². The summed E-state index contributed by atoms with van der Waals surface area (Å²) in [5.41, 5.74) is 0.210. The maximum absolute atomic E-state index is 12.6. The van der Waals surface area contributed by atoms with E-state index in [0.717, 1.165) is 6.42 Å². The van der Waals surface area contributed by atoms with Crippen LogP contribution in [0.5, 0.6) is 0 Å². The summed E-state index contributed by atoms with van der Waals surface area (Å²) in [6, 6.07) is 3.99. The highest BCUT2D eigenvalue weighted by Crippen LogP contribution is 2.25. The van der Waals surface area contributed by atoms with Gasteiger partial charge in [-0.05, 0) is 38.8 Å². The van der Waals surface area contributed by atoms with Crippen molar-refractivity contribution in [2.24, 2.45) is 5.92 Å². The molecule has 0 aliphatic carbocycles. The Bertz CT molecular complexity index is 696. The lowest BCUT2D eigenvalue weighted by molar-refractivity contribution is -0.151. The van der Waals surface area contributed by atoms with Gasteiger partial charge >= 0.3 is 5.97 Å². The standard InChI is InChI=1S/C18H22Cl2N2O4/c1-3-26-18(25)12-6-5-9-22(10-12)17(24)11(2)21-16(23)13-7-4-8-14(19)15(13)20/h4,7-8,11-12H,3,5-6,9-10H2,1-2H3,(H,21,23)/t11-,12-/m1/s1. The van der Waals surface area contributed by atoms with Crippen molar-refractivity contribution in [1.82, 2.24) is 10.2 Å². The van der Waals surface area contributed by atoms with E-state index < -0.39 is 11.9 Å². The summed E-state index contributed by atoms with van der Waals surface area (Å²) in [6.45, 7) is 4.52. The number of rotatable bonds is 5. The van der Waals surface area contributed by atoms with Gasteiger partial charge in [-0.15, -0.1) is 0 Å². The molecule has 26 heavy (non-hydrogen) atoms. The number of piperidine rings is 1. The van der Waals surface area contributed by atoms with Crippen molar-refractivity contribution in [2.45, 2.75) is 32.7 Å². The summed E-state index contributed by atoms with van der Waals surface area (Å²) in [4.78, 5) is 38.5. The largest absolute Gasteiger partial charge is 0.466 e. The molecule has 8 heteroatoms. The molecule has 1 aromatic carbocycles. The van der Waals surface area contributed by atoms with Crippen LogP contribution in [0.15, 0.2) is 18.2 Å². The van der Waals surface area contributed by atoms with E-state index in [1.54, 1.807) is 36.9 Å². The van der Waals surface area contributed by atoms with Gasteiger partial charge in [-0.3, -0.25) is 14.4 Å². The van der Waals surface area contributed by atoms with Crippen molar-refractivity contribution in [3.63, 3.8) is 0 Å². The van der Waals surface area contributed by atoms with Gasteiger partial charge in [-0.2, -0.15) is 0 Å². The fourth-order valence-corrected chi connectivity index (χ4v) is 3.31. The number of nitrogens with one attached hydrogen (secondary N) is 1. The third-order valence-electron chi connectivity index (χ3n) is 4.27. The molecule has 1 aromatic rings. The number of carbonyl (C=O) groups excluding carboxylic acids is 3. The molecule has 1 fully saturated rings. The molecule has 1 saturated heterocycles. The van der Waals surface area contributed by atoms with Crippen LogP contribution in [-0.4, -0.2) is 48.4 Å². The minimum absolute atomic E-state index is 0.145. The molecule has 2 amide bonds. The quantitative estimate of drug-likeness (QED) is 0.770. The molecule has 6 nitrogen and oxygen atoms in total. The summed E-state index contributed by atoms with van der Waals surface area (Å²) in [5, 5.41) is 3.06. The van der Waals surface area contributed by atoms with Crippen LogP contribution in [0.3, 0.4) is 0 Å². The van der Waals surface area contributed by atoms with Gasteiger partial charge in [0.1, 0.15) is 6.04 Å². The lowest BCUT2D eigenvalue weighted by Crippen LogP contribution is -2.51. The zero-order valence-corrected chi connectivity index (χ0v) is 16.3. The molecule has 1 heterocycles. The minimum Gasteiger partial charge on any atom is -0.466 e. The van der Waals surface area contributed by atoms with Gasteiger partial charge in [0.05, 0.1) is 28.1 Å². The van der Waals surface area contributed by atoms with E-state index in [1.807, 2.05) is 0 Å². The molecular formula is C18H22Cl2N2O4. The number of nitrogens with zero attached hydrogens (tertiary/aromatic N) is 1. The smallest absolute Gasteiger partial charge is 0.310 e. The van der Waals surface area contributed by atoms with Crippen molar-refractivity contribution in [2.75, 3.05) is 19.7 Å². The Hall–Kier alpha value is -1.79. The van der Waals surface area contributed by atoms with Crippen molar-refractivity contribution >= 4 is 41.0 Å². The number of hydrogen-bond donors (Lipinski definition) is 1. The molecule has 1 aliphatic heterocycles. The zero-order valence-electron chi connectivity index (χ0n) is 14.8. The number of halogens is 2. The first-order chi connectivity index (χ1) is 12.3. The number of likely N-dealkylation sites (tertiary alicyclic amines) is 1. The Kier molecular flexibility index (Phi) is 7.29. The second kappa shape index (κ2) is 9.24. The molecule has 0 spiro atoms. The van der Waals surface area contributed by atoms with Gasteiger partial charge in [0.25, 0.3) is 5.91 Å². The van der Waals surface area contributed by atoms with Crippen LogP contribution < -0.4 is 5.32 Å². The van der Waals surface area contributed by atoms with E-state index in [4.69, 9.17) is 27.9 Å². The van der Waals surface area contributed by atoms with Gasteiger partial charge in [0.2, 0.25) is 5.91 Å². The summed E-state index contributed by atoms with van der Waals surface area (Å²) in [7, 11) is 0. The third-order valence-corrected chi connectivity index (χ3v) is 5.09. The van der Waals surface area contributed by atoms with Gasteiger partial charge in [0, 0.05) is 13.1 Å². The Morgan fingerprint density at radius 3 is 2.77 bits per heavy atom. The first-order valence-electron chi connectivity index (χ1n) is 8.55. The Balaban J connectivity index is 1.99.